The molecule has 0 atom stereocenters. The van der Waals surface area contributed by atoms with Crippen LogP contribution in [0.5, 0.6) is 11.5 Å². The van der Waals surface area contributed by atoms with Crippen molar-refractivity contribution < 1.29 is 9.47 Å². The van der Waals surface area contributed by atoms with Crippen molar-refractivity contribution in [1.82, 2.24) is 0 Å². The van der Waals surface area contributed by atoms with E-state index in [1.54, 1.807) is 7.11 Å². The maximum Gasteiger partial charge on any atom is 0.174 e. The lowest BCUT2D eigenvalue weighted by Gasteiger charge is -2.15. The minimum atomic E-state index is 0.603. The number of nitrogens with one attached hydrogen (secondary N) is 1. The molecule has 0 saturated heterocycles. The Kier molecular flexibility index (Phi) is 6.15. The van der Waals surface area contributed by atoms with E-state index in [2.05, 4.69) is 56.2 Å². The maximum absolute atomic E-state index is 5.65. The first-order chi connectivity index (χ1) is 10.5. The molecule has 0 radical (unpaired) electrons. The number of benzene rings is 2. The van der Waals surface area contributed by atoms with Crippen molar-refractivity contribution >= 4 is 37.5 Å². The van der Waals surface area contributed by atoms with Gasteiger partial charge < -0.3 is 14.8 Å². The van der Waals surface area contributed by atoms with Crippen molar-refractivity contribution in [2.75, 3.05) is 19.0 Å². The first kappa shape index (κ1) is 17.2. The van der Waals surface area contributed by atoms with E-state index in [4.69, 9.17) is 9.47 Å². The number of rotatable bonds is 6. The molecule has 0 amide bonds. The van der Waals surface area contributed by atoms with Crippen LogP contribution in [-0.2, 0) is 6.54 Å². The fourth-order valence-corrected chi connectivity index (χ4v) is 3.33. The SMILES string of the molecule is CCOc1cc(CNc2ccc(Br)cc2C)cc(Br)c1OC. The zero-order valence-corrected chi connectivity index (χ0v) is 16.0. The van der Waals surface area contributed by atoms with Crippen molar-refractivity contribution in [3.05, 3.63) is 50.4 Å². The van der Waals surface area contributed by atoms with E-state index in [1.807, 2.05) is 25.1 Å². The van der Waals surface area contributed by atoms with Crippen LogP contribution >= 0.6 is 31.9 Å². The van der Waals surface area contributed by atoms with Gasteiger partial charge in [0.05, 0.1) is 18.2 Å². The van der Waals surface area contributed by atoms with Gasteiger partial charge in [-0.2, -0.15) is 0 Å². The fraction of sp³-hybridized carbons (Fsp3) is 0.294. The van der Waals surface area contributed by atoms with Crippen LogP contribution in [0.4, 0.5) is 5.69 Å². The molecule has 0 spiro atoms. The Morgan fingerprint density at radius 1 is 1.14 bits per heavy atom. The zero-order valence-electron chi connectivity index (χ0n) is 12.9. The van der Waals surface area contributed by atoms with E-state index < -0.39 is 0 Å². The van der Waals surface area contributed by atoms with E-state index in [-0.39, 0.29) is 0 Å². The molecule has 2 rings (SSSR count). The third-order valence-electron chi connectivity index (χ3n) is 3.24. The standard InChI is InChI=1S/C17H19Br2NO2/c1-4-22-16-9-12(8-14(19)17(16)21-3)10-20-15-6-5-13(18)7-11(15)2/h5-9,20H,4,10H2,1-3H3. The lowest BCUT2D eigenvalue weighted by molar-refractivity contribution is 0.309. The Morgan fingerprint density at radius 3 is 2.55 bits per heavy atom. The molecule has 0 aliphatic rings. The molecular weight excluding hydrogens is 410 g/mol. The van der Waals surface area contributed by atoms with Gasteiger partial charge in [-0.1, -0.05) is 15.9 Å². The van der Waals surface area contributed by atoms with E-state index in [9.17, 15) is 0 Å². The molecule has 5 heteroatoms. The molecule has 0 unspecified atom stereocenters. The molecule has 1 N–H and O–H groups in total. The number of aryl methyl sites for hydroxylation is 1. The molecule has 2 aromatic carbocycles. The highest BCUT2D eigenvalue weighted by atomic mass is 79.9. The Hall–Kier alpha value is -1.20. The Bertz CT molecular complexity index is 659. The summed E-state index contributed by atoms with van der Waals surface area (Å²) in [7, 11) is 1.64. The van der Waals surface area contributed by atoms with Gasteiger partial charge in [-0.05, 0) is 71.2 Å². The lowest BCUT2D eigenvalue weighted by Crippen LogP contribution is -2.03. The largest absolute Gasteiger partial charge is 0.492 e. The molecule has 3 nitrogen and oxygen atoms in total. The number of ether oxygens (including phenoxy) is 2. The van der Waals surface area contributed by atoms with Crippen molar-refractivity contribution in [3.8, 4) is 11.5 Å². The van der Waals surface area contributed by atoms with Crippen LogP contribution in [0, 0.1) is 6.92 Å². The van der Waals surface area contributed by atoms with Crippen LogP contribution in [0.1, 0.15) is 18.1 Å². The molecule has 0 fully saturated rings. The number of halogens is 2. The van der Waals surface area contributed by atoms with Crippen molar-refractivity contribution in [2.24, 2.45) is 0 Å². The van der Waals surface area contributed by atoms with Gasteiger partial charge in [0.1, 0.15) is 0 Å². The third kappa shape index (κ3) is 4.17. The maximum atomic E-state index is 5.65. The summed E-state index contributed by atoms with van der Waals surface area (Å²) in [6.45, 7) is 5.36. The third-order valence-corrected chi connectivity index (χ3v) is 4.33. The van der Waals surface area contributed by atoms with E-state index in [0.29, 0.717) is 13.2 Å². The van der Waals surface area contributed by atoms with Crippen LogP contribution in [0.3, 0.4) is 0 Å². The van der Waals surface area contributed by atoms with Crippen LogP contribution in [-0.4, -0.2) is 13.7 Å². The van der Waals surface area contributed by atoms with Gasteiger partial charge in [0, 0.05) is 16.7 Å². The average molecular weight is 429 g/mol. The first-order valence-electron chi connectivity index (χ1n) is 7.04. The van der Waals surface area contributed by atoms with E-state index in [0.717, 1.165) is 31.7 Å². The zero-order chi connectivity index (χ0) is 16.1. The Morgan fingerprint density at radius 2 is 1.91 bits per heavy atom. The van der Waals surface area contributed by atoms with Crippen LogP contribution < -0.4 is 14.8 Å². The van der Waals surface area contributed by atoms with Gasteiger partial charge >= 0.3 is 0 Å². The lowest BCUT2D eigenvalue weighted by atomic mass is 10.1. The molecule has 0 saturated carbocycles. The molecule has 0 bridgehead atoms. The van der Waals surface area contributed by atoms with Gasteiger partial charge in [-0.25, -0.2) is 0 Å². The van der Waals surface area contributed by atoms with Crippen molar-refractivity contribution in [2.45, 2.75) is 20.4 Å². The fourth-order valence-electron chi connectivity index (χ4n) is 2.21. The Balaban J connectivity index is 2.19. The van der Waals surface area contributed by atoms with Gasteiger partial charge in [0.2, 0.25) is 0 Å². The van der Waals surface area contributed by atoms with E-state index in [1.165, 1.54) is 5.56 Å². The van der Waals surface area contributed by atoms with Crippen LogP contribution in [0.25, 0.3) is 0 Å². The van der Waals surface area contributed by atoms with Crippen molar-refractivity contribution in [1.29, 1.82) is 0 Å². The molecule has 0 heterocycles. The number of methoxy groups -OCH3 is 1. The quantitative estimate of drug-likeness (QED) is 0.655. The highest BCUT2D eigenvalue weighted by Crippen LogP contribution is 2.36. The molecule has 22 heavy (non-hydrogen) atoms. The average Bonchev–Trinajstić information content (AvgIpc) is 2.46. The summed E-state index contributed by atoms with van der Waals surface area (Å²) in [6, 6.07) is 10.3. The second-order valence-electron chi connectivity index (χ2n) is 4.85. The molecule has 2 aromatic rings. The highest BCUT2D eigenvalue weighted by Gasteiger charge is 2.11. The summed E-state index contributed by atoms with van der Waals surface area (Å²) < 4.78 is 13.0. The van der Waals surface area contributed by atoms with Gasteiger partial charge in [-0.3, -0.25) is 0 Å². The molecule has 0 aliphatic carbocycles. The topological polar surface area (TPSA) is 30.5 Å². The van der Waals surface area contributed by atoms with Gasteiger partial charge in [-0.15, -0.1) is 0 Å². The number of anilines is 1. The van der Waals surface area contributed by atoms with Gasteiger partial charge in [0.25, 0.3) is 0 Å². The predicted octanol–water partition coefficient (Wildman–Crippen LogP) is 5.54. The number of hydrogen-bond donors (Lipinski definition) is 1. The number of hydrogen-bond acceptors (Lipinski definition) is 3. The molecule has 0 aliphatic heterocycles. The summed E-state index contributed by atoms with van der Waals surface area (Å²) in [4.78, 5) is 0. The summed E-state index contributed by atoms with van der Waals surface area (Å²) >= 11 is 7.02. The predicted molar refractivity (Wildman–Crippen MR) is 98.1 cm³/mol. The molecule has 118 valence electrons. The smallest absolute Gasteiger partial charge is 0.174 e. The summed E-state index contributed by atoms with van der Waals surface area (Å²) in [6.07, 6.45) is 0. The summed E-state index contributed by atoms with van der Waals surface area (Å²) in [5, 5.41) is 3.45. The van der Waals surface area contributed by atoms with E-state index >= 15 is 0 Å². The van der Waals surface area contributed by atoms with Crippen molar-refractivity contribution in [3.63, 3.8) is 0 Å². The minimum absolute atomic E-state index is 0.603. The van der Waals surface area contributed by atoms with Gasteiger partial charge in [0.15, 0.2) is 11.5 Å². The first-order valence-corrected chi connectivity index (χ1v) is 8.63. The van der Waals surface area contributed by atoms with Crippen LogP contribution in [0.2, 0.25) is 0 Å². The second kappa shape index (κ2) is 7.88. The Labute approximate surface area is 148 Å². The normalized spacial score (nSPS) is 10.4. The summed E-state index contributed by atoms with van der Waals surface area (Å²) in [5.41, 5.74) is 3.44. The molecular formula is C17H19Br2NO2. The highest BCUT2D eigenvalue weighted by molar-refractivity contribution is 9.10. The second-order valence-corrected chi connectivity index (χ2v) is 6.62. The molecule has 0 aromatic heterocycles. The van der Waals surface area contributed by atoms with Crippen LogP contribution in [0.15, 0.2) is 39.3 Å². The summed E-state index contributed by atoms with van der Waals surface area (Å²) in [5.74, 6) is 1.48. The monoisotopic (exact) mass is 427 g/mol. The minimum Gasteiger partial charge on any atom is -0.492 e.